The molecule has 0 bridgehead atoms. The van der Waals surface area contributed by atoms with Crippen molar-refractivity contribution in [1.29, 1.82) is 0 Å². The molecule has 26 heavy (non-hydrogen) atoms. The van der Waals surface area contributed by atoms with Crippen molar-refractivity contribution in [2.24, 2.45) is 0 Å². The smallest absolute Gasteiger partial charge is 0.258 e. The van der Waals surface area contributed by atoms with Gasteiger partial charge in [-0.3, -0.25) is 10.1 Å². The highest BCUT2D eigenvalue weighted by molar-refractivity contribution is 6.42. The molecule has 0 aliphatic heterocycles. The number of halogens is 2. The maximum Gasteiger partial charge on any atom is 0.269 e. The fourth-order valence-electron chi connectivity index (χ4n) is 2.50. The average molecular weight is 386 g/mol. The Kier molecular flexibility index (Phi) is 5.66. The molecule has 0 fully saturated rings. The molecule has 0 radical (unpaired) electrons. The number of non-ortho nitro benzene ring substituents is 1. The van der Waals surface area contributed by atoms with Crippen molar-refractivity contribution in [1.82, 2.24) is 0 Å². The second-order valence-electron chi connectivity index (χ2n) is 5.68. The van der Waals surface area contributed by atoms with Gasteiger partial charge in [-0.05, 0) is 42.0 Å². The Morgan fingerprint density at radius 2 is 1.73 bits per heavy atom. The van der Waals surface area contributed by atoms with Crippen molar-refractivity contribution in [3.8, 4) is 0 Å². The largest absolute Gasteiger partial charge is 0.269 e. The molecule has 0 amide bonds. The van der Waals surface area contributed by atoms with Crippen molar-refractivity contribution in [3.05, 3.63) is 104 Å². The molecule has 0 unspecified atom stereocenters. The fourth-order valence-corrected chi connectivity index (χ4v) is 2.81. The molecular weight excluding hydrogens is 371 g/mol. The Morgan fingerprint density at radius 1 is 0.962 bits per heavy atom. The van der Waals surface area contributed by atoms with Crippen molar-refractivity contribution >= 4 is 41.0 Å². The van der Waals surface area contributed by atoms with Gasteiger partial charge in [0.25, 0.3) is 5.69 Å². The van der Waals surface area contributed by atoms with Crippen LogP contribution in [0.15, 0.2) is 66.9 Å². The first-order chi connectivity index (χ1) is 12.5. The normalized spacial score (nSPS) is 11.0. The summed E-state index contributed by atoms with van der Waals surface area (Å²) in [7, 11) is 0. The lowest BCUT2D eigenvalue weighted by atomic mass is 10.1. The zero-order valence-corrected chi connectivity index (χ0v) is 15.2. The van der Waals surface area contributed by atoms with Gasteiger partial charge in [0.05, 0.1) is 15.0 Å². The number of nitro benzene ring substituents is 1. The van der Waals surface area contributed by atoms with E-state index in [0.29, 0.717) is 16.6 Å². The number of pyridine rings is 1. The molecule has 0 spiro atoms. The highest BCUT2D eigenvalue weighted by atomic mass is 35.5. The van der Waals surface area contributed by atoms with E-state index >= 15 is 0 Å². The Labute approximate surface area is 161 Å². The van der Waals surface area contributed by atoms with E-state index in [1.54, 1.807) is 18.2 Å². The van der Waals surface area contributed by atoms with Crippen LogP contribution in [-0.4, -0.2) is 4.92 Å². The summed E-state index contributed by atoms with van der Waals surface area (Å²) in [5.41, 5.74) is 3.02. The molecule has 6 heteroatoms. The van der Waals surface area contributed by atoms with Crippen LogP contribution in [0.5, 0.6) is 0 Å². The molecule has 4 nitrogen and oxygen atoms in total. The van der Waals surface area contributed by atoms with E-state index in [9.17, 15) is 10.1 Å². The van der Waals surface area contributed by atoms with Gasteiger partial charge in [0, 0.05) is 35.9 Å². The number of hydrogen-bond donors (Lipinski definition) is 0. The maximum atomic E-state index is 10.8. The topological polar surface area (TPSA) is 47.0 Å². The average Bonchev–Trinajstić information content (AvgIpc) is 2.64. The first kappa shape index (κ1) is 18.1. The van der Waals surface area contributed by atoms with Gasteiger partial charge in [-0.25, -0.2) is 0 Å². The molecule has 130 valence electrons. The van der Waals surface area contributed by atoms with Gasteiger partial charge in [0.1, 0.15) is 0 Å². The highest BCUT2D eigenvalue weighted by Gasteiger charge is 2.10. The number of benzene rings is 2. The molecule has 0 N–H and O–H groups in total. The summed E-state index contributed by atoms with van der Waals surface area (Å²) < 4.78 is 2.06. The van der Waals surface area contributed by atoms with E-state index in [2.05, 4.69) is 4.57 Å². The Balaban J connectivity index is 1.82. The van der Waals surface area contributed by atoms with E-state index in [1.165, 1.54) is 12.1 Å². The minimum Gasteiger partial charge on any atom is -0.258 e. The number of rotatable bonds is 5. The second kappa shape index (κ2) is 8.13. The van der Waals surface area contributed by atoms with Crippen molar-refractivity contribution in [2.75, 3.05) is 0 Å². The second-order valence-corrected chi connectivity index (χ2v) is 6.50. The fraction of sp³-hybridized carbons (Fsp3) is 0.0500. The first-order valence-corrected chi connectivity index (χ1v) is 8.63. The van der Waals surface area contributed by atoms with Gasteiger partial charge >= 0.3 is 0 Å². The zero-order valence-electron chi connectivity index (χ0n) is 13.7. The van der Waals surface area contributed by atoms with E-state index in [-0.39, 0.29) is 5.69 Å². The summed E-state index contributed by atoms with van der Waals surface area (Å²) in [6, 6.07) is 17.9. The first-order valence-electron chi connectivity index (χ1n) is 7.88. The van der Waals surface area contributed by atoms with Crippen LogP contribution in [0.25, 0.3) is 12.2 Å². The summed E-state index contributed by atoms with van der Waals surface area (Å²) in [5.74, 6) is 0. The van der Waals surface area contributed by atoms with Gasteiger partial charge < -0.3 is 0 Å². The third kappa shape index (κ3) is 4.48. The van der Waals surface area contributed by atoms with Gasteiger partial charge in [0.2, 0.25) is 5.69 Å². The molecule has 2 aromatic carbocycles. The summed E-state index contributed by atoms with van der Waals surface area (Å²) in [6.45, 7) is 0.611. The molecule has 3 rings (SSSR count). The molecule has 1 heterocycles. The van der Waals surface area contributed by atoms with Crippen LogP contribution in [0, 0.1) is 10.1 Å². The molecule has 0 saturated heterocycles. The van der Waals surface area contributed by atoms with Crippen molar-refractivity contribution in [3.63, 3.8) is 0 Å². The lowest BCUT2D eigenvalue weighted by Gasteiger charge is -2.02. The predicted octanol–water partition coefficient (Wildman–Crippen LogP) is 5.41. The molecule has 0 saturated carbocycles. The van der Waals surface area contributed by atoms with E-state index in [1.807, 2.05) is 48.7 Å². The molecule has 1 aromatic heterocycles. The van der Waals surface area contributed by atoms with Crippen LogP contribution in [-0.2, 0) is 6.54 Å². The Morgan fingerprint density at radius 3 is 2.42 bits per heavy atom. The molecule has 3 aromatic rings. The maximum absolute atomic E-state index is 10.8. The van der Waals surface area contributed by atoms with Crippen LogP contribution >= 0.6 is 23.2 Å². The molecule has 0 aliphatic rings. The lowest BCUT2D eigenvalue weighted by molar-refractivity contribution is -0.690. The van der Waals surface area contributed by atoms with Gasteiger partial charge in [-0.1, -0.05) is 29.3 Å². The highest BCUT2D eigenvalue weighted by Crippen LogP contribution is 2.23. The quantitative estimate of drug-likeness (QED) is 0.335. The van der Waals surface area contributed by atoms with E-state index in [4.69, 9.17) is 23.2 Å². The zero-order chi connectivity index (χ0) is 18.5. The van der Waals surface area contributed by atoms with Crippen molar-refractivity contribution in [2.45, 2.75) is 6.54 Å². The number of hydrogen-bond acceptors (Lipinski definition) is 2. The van der Waals surface area contributed by atoms with Gasteiger partial charge in [0.15, 0.2) is 12.7 Å². The molecule has 0 atom stereocenters. The van der Waals surface area contributed by atoms with Crippen LogP contribution in [0.3, 0.4) is 0 Å². The predicted molar refractivity (Wildman–Crippen MR) is 104 cm³/mol. The standard InChI is InChI=1S/C20H15Cl2N2O2/c21-19-11-7-15(13-20(19)22)4-8-17-3-1-2-12-23(17)14-16-5-9-18(10-6-16)24(25)26/h1-13H,14H2/q+1/b8-4+. The van der Waals surface area contributed by atoms with Crippen LogP contribution in [0.1, 0.15) is 16.8 Å². The van der Waals surface area contributed by atoms with Crippen molar-refractivity contribution < 1.29 is 9.49 Å². The van der Waals surface area contributed by atoms with Gasteiger partial charge in [-0.2, -0.15) is 4.57 Å². The lowest BCUT2D eigenvalue weighted by Crippen LogP contribution is -2.36. The number of nitrogens with zero attached hydrogens (tertiary/aromatic N) is 2. The minimum absolute atomic E-state index is 0.0894. The Bertz CT molecular complexity index is 970. The third-order valence-electron chi connectivity index (χ3n) is 3.87. The molecule has 0 aliphatic carbocycles. The summed E-state index contributed by atoms with van der Waals surface area (Å²) in [5, 5.41) is 11.8. The summed E-state index contributed by atoms with van der Waals surface area (Å²) >= 11 is 12.0. The van der Waals surface area contributed by atoms with Crippen LogP contribution in [0.2, 0.25) is 10.0 Å². The SMILES string of the molecule is O=[N+]([O-])c1ccc(C[n+]2ccccc2/C=C/c2ccc(Cl)c(Cl)c2)cc1. The van der Waals surface area contributed by atoms with E-state index in [0.717, 1.165) is 16.8 Å². The summed E-state index contributed by atoms with van der Waals surface area (Å²) in [6.07, 6.45) is 5.92. The van der Waals surface area contributed by atoms with Gasteiger partial charge in [-0.15, -0.1) is 0 Å². The Hall–Kier alpha value is -2.69. The van der Waals surface area contributed by atoms with E-state index < -0.39 is 4.92 Å². The van der Waals surface area contributed by atoms with Crippen LogP contribution < -0.4 is 4.57 Å². The third-order valence-corrected chi connectivity index (χ3v) is 4.61. The monoisotopic (exact) mass is 385 g/mol. The van der Waals surface area contributed by atoms with Crippen LogP contribution in [0.4, 0.5) is 5.69 Å². The number of nitro groups is 1. The number of aromatic nitrogens is 1. The minimum atomic E-state index is -0.398. The molecular formula is C20H15Cl2N2O2+. The summed E-state index contributed by atoms with van der Waals surface area (Å²) in [4.78, 5) is 10.4.